The third-order valence-electron chi connectivity index (χ3n) is 13.2. The summed E-state index contributed by atoms with van der Waals surface area (Å²) in [4.78, 5) is 23.2. The average molecular weight is 955 g/mol. The maximum absolute atomic E-state index is 12.9. The predicted molar refractivity (Wildman–Crippen MR) is 286 cm³/mol. The van der Waals surface area contributed by atoms with Gasteiger partial charge in [0.1, 0.15) is 13.2 Å². The van der Waals surface area contributed by atoms with Gasteiger partial charge in [-0.2, -0.15) is 0 Å². The van der Waals surface area contributed by atoms with Crippen molar-refractivity contribution in [3.63, 3.8) is 0 Å². The maximum atomic E-state index is 12.9. The summed E-state index contributed by atoms with van der Waals surface area (Å²) in [6.45, 7) is 4.78. The van der Waals surface area contributed by atoms with Gasteiger partial charge in [-0.1, -0.05) is 269 Å². The van der Waals surface area contributed by atoms with Gasteiger partial charge in [0, 0.05) is 6.42 Å². The van der Waals surface area contributed by atoms with Gasteiger partial charge in [0.25, 0.3) is 0 Å². The number of carbonyl (C=O) groups excluding carboxylic acids is 1. The van der Waals surface area contributed by atoms with Gasteiger partial charge < -0.3 is 19.8 Å². The van der Waals surface area contributed by atoms with E-state index in [1.165, 1.54) is 225 Å². The first kappa shape index (κ1) is 65.0. The predicted octanol–water partition coefficient (Wildman–Crippen LogP) is 17.2. The monoisotopic (exact) mass is 954 g/mol. The zero-order chi connectivity index (χ0) is 48.5. The molecule has 9 heteroatoms. The molecule has 0 fully saturated rings. The Morgan fingerprint density at radius 2 is 0.833 bits per heavy atom. The highest BCUT2D eigenvalue weighted by molar-refractivity contribution is 7.47. The summed E-state index contributed by atoms with van der Waals surface area (Å²) in [6, 6.07) is -0.858. The van der Waals surface area contributed by atoms with Crippen LogP contribution in [0.3, 0.4) is 0 Å². The molecule has 8 nitrogen and oxygen atoms in total. The Morgan fingerprint density at radius 3 is 1.21 bits per heavy atom. The molecule has 0 spiro atoms. The van der Waals surface area contributed by atoms with Gasteiger partial charge in [0.05, 0.1) is 39.9 Å². The minimum absolute atomic E-state index is 0.0582. The molecule has 392 valence electrons. The average Bonchev–Trinajstić information content (AvgIpc) is 3.28. The van der Waals surface area contributed by atoms with Crippen molar-refractivity contribution >= 4 is 13.7 Å². The first-order valence-corrected chi connectivity index (χ1v) is 30.2. The number of likely N-dealkylation sites (N-methyl/N-ethyl adjacent to an activating group) is 1. The molecule has 0 radical (unpaired) electrons. The molecule has 66 heavy (non-hydrogen) atoms. The summed E-state index contributed by atoms with van der Waals surface area (Å²) < 4.78 is 23.6. The number of hydrogen-bond donors (Lipinski definition) is 3. The van der Waals surface area contributed by atoms with E-state index in [-0.39, 0.29) is 19.1 Å². The minimum Gasteiger partial charge on any atom is -0.387 e. The maximum Gasteiger partial charge on any atom is 0.472 e. The van der Waals surface area contributed by atoms with Crippen LogP contribution in [0.25, 0.3) is 0 Å². The lowest BCUT2D eigenvalue weighted by molar-refractivity contribution is -0.870. The number of aliphatic hydroxyl groups excluding tert-OH is 1. The SMILES string of the molecule is CCCCCC/C=C/CC/C=C/C(O)C(COP(=O)(O)OCC[N+](C)(C)C)NC(=O)CCCCCCCCCCCCCCCCCCCCCCCCCCCCCCCCCCCC. The summed E-state index contributed by atoms with van der Waals surface area (Å²) in [5, 5.41) is 13.8. The molecule has 0 heterocycles. The molecular weight excluding hydrogens is 840 g/mol. The molecule has 0 bridgehead atoms. The van der Waals surface area contributed by atoms with Crippen LogP contribution in [0.1, 0.15) is 284 Å². The molecule has 3 unspecified atom stereocenters. The second-order valence-corrected chi connectivity index (χ2v) is 22.5. The van der Waals surface area contributed by atoms with E-state index in [0.29, 0.717) is 17.4 Å². The zero-order valence-electron chi connectivity index (χ0n) is 44.7. The van der Waals surface area contributed by atoms with Crippen LogP contribution in [0.4, 0.5) is 0 Å². The summed E-state index contributed by atoms with van der Waals surface area (Å²) in [7, 11) is 1.56. The highest BCUT2D eigenvalue weighted by Crippen LogP contribution is 2.43. The number of unbranched alkanes of at least 4 members (excludes halogenated alkanes) is 38. The van der Waals surface area contributed by atoms with Crippen molar-refractivity contribution in [3.8, 4) is 0 Å². The van der Waals surface area contributed by atoms with Crippen molar-refractivity contribution in [2.75, 3.05) is 40.9 Å². The number of hydrogen-bond acceptors (Lipinski definition) is 5. The standard InChI is InChI=1S/C57H113N2O6P/c1-6-8-10-12-14-16-18-19-20-21-22-23-24-25-26-27-28-29-30-31-32-33-34-35-36-37-38-39-40-41-43-45-47-49-51-57(61)58-55(54-65-66(62,63)64-53-52-59(3,4)5)56(60)50-48-46-44-42-17-15-13-11-9-7-2/h17,42,48,50,55-56,60H,6-16,18-41,43-47,49,51-54H2,1-5H3,(H-,58,61,62,63)/p+1/b42-17+,50-48+. The number of rotatable bonds is 53. The fourth-order valence-electron chi connectivity index (χ4n) is 8.65. The summed E-state index contributed by atoms with van der Waals surface area (Å²) in [5.41, 5.74) is 0. The lowest BCUT2D eigenvalue weighted by Gasteiger charge is -2.25. The lowest BCUT2D eigenvalue weighted by atomic mass is 10.0. The number of allylic oxidation sites excluding steroid dienone is 3. The smallest absolute Gasteiger partial charge is 0.387 e. The van der Waals surface area contributed by atoms with E-state index in [9.17, 15) is 19.4 Å². The second kappa shape index (κ2) is 49.0. The van der Waals surface area contributed by atoms with Crippen molar-refractivity contribution in [3.05, 3.63) is 24.3 Å². The van der Waals surface area contributed by atoms with Gasteiger partial charge >= 0.3 is 7.82 Å². The third-order valence-corrected chi connectivity index (χ3v) is 14.2. The van der Waals surface area contributed by atoms with E-state index in [1.807, 2.05) is 27.2 Å². The molecule has 0 rings (SSSR count). The minimum atomic E-state index is -4.34. The highest BCUT2D eigenvalue weighted by atomic mass is 31.2. The van der Waals surface area contributed by atoms with Gasteiger partial charge in [0.2, 0.25) is 5.91 Å². The molecule has 0 aromatic carbocycles. The van der Waals surface area contributed by atoms with Crippen LogP contribution in [-0.2, 0) is 18.4 Å². The van der Waals surface area contributed by atoms with Gasteiger partial charge in [-0.3, -0.25) is 13.8 Å². The number of amides is 1. The number of aliphatic hydroxyl groups is 1. The molecule has 0 aliphatic rings. The fraction of sp³-hybridized carbons (Fsp3) is 0.912. The number of nitrogens with zero attached hydrogens (tertiary/aromatic N) is 1. The largest absolute Gasteiger partial charge is 0.472 e. The van der Waals surface area contributed by atoms with Crippen LogP contribution in [0.15, 0.2) is 24.3 Å². The van der Waals surface area contributed by atoms with Crippen molar-refractivity contribution in [2.45, 2.75) is 296 Å². The summed E-state index contributed by atoms with van der Waals surface area (Å²) in [6.07, 6.45) is 61.8. The van der Waals surface area contributed by atoms with Gasteiger partial charge in [-0.25, -0.2) is 4.57 Å². The Bertz CT molecular complexity index is 1130. The van der Waals surface area contributed by atoms with Gasteiger partial charge in [0.15, 0.2) is 0 Å². The summed E-state index contributed by atoms with van der Waals surface area (Å²) >= 11 is 0. The molecule has 0 aromatic rings. The Kier molecular flexibility index (Phi) is 48.2. The number of phosphoric acid groups is 1. The number of nitrogens with one attached hydrogen (secondary N) is 1. The molecule has 1 amide bonds. The molecule has 0 aromatic heterocycles. The molecule has 0 saturated heterocycles. The van der Waals surface area contributed by atoms with E-state index in [1.54, 1.807) is 6.08 Å². The van der Waals surface area contributed by atoms with Gasteiger partial charge in [-0.15, -0.1) is 0 Å². The first-order valence-electron chi connectivity index (χ1n) is 28.7. The number of phosphoric ester groups is 1. The second-order valence-electron chi connectivity index (χ2n) is 21.0. The van der Waals surface area contributed by atoms with Crippen LogP contribution in [0.5, 0.6) is 0 Å². The number of quaternary nitrogens is 1. The number of carbonyl (C=O) groups is 1. The third kappa shape index (κ3) is 50.8. The molecular formula is C57H114N2O6P+. The van der Waals surface area contributed by atoms with E-state index < -0.39 is 20.0 Å². The van der Waals surface area contributed by atoms with Crippen molar-refractivity contribution in [1.82, 2.24) is 5.32 Å². The Hall–Kier alpha value is -1.02. The quantitative estimate of drug-likeness (QED) is 0.0243. The molecule has 0 saturated carbocycles. The van der Waals surface area contributed by atoms with Crippen LogP contribution in [-0.4, -0.2) is 73.4 Å². The molecule has 3 N–H and O–H groups in total. The van der Waals surface area contributed by atoms with Gasteiger partial charge in [-0.05, 0) is 32.1 Å². The topological polar surface area (TPSA) is 105 Å². The van der Waals surface area contributed by atoms with Crippen molar-refractivity contribution < 1.29 is 32.9 Å². The van der Waals surface area contributed by atoms with Crippen LogP contribution >= 0.6 is 7.82 Å². The first-order chi connectivity index (χ1) is 32.0. The normalized spacial score (nSPS) is 14.1. The van der Waals surface area contributed by atoms with E-state index in [4.69, 9.17) is 9.05 Å². The fourth-order valence-corrected chi connectivity index (χ4v) is 9.38. The highest BCUT2D eigenvalue weighted by Gasteiger charge is 2.27. The lowest BCUT2D eigenvalue weighted by Crippen LogP contribution is -2.45. The van der Waals surface area contributed by atoms with Crippen molar-refractivity contribution in [1.29, 1.82) is 0 Å². The van der Waals surface area contributed by atoms with Crippen LogP contribution < -0.4 is 5.32 Å². The molecule has 0 aliphatic carbocycles. The molecule has 3 atom stereocenters. The molecule has 0 aliphatic heterocycles. The Labute approximate surface area is 411 Å². The van der Waals surface area contributed by atoms with Crippen LogP contribution in [0.2, 0.25) is 0 Å². The Morgan fingerprint density at radius 1 is 0.500 bits per heavy atom. The van der Waals surface area contributed by atoms with Crippen LogP contribution in [0, 0.1) is 0 Å². The Balaban J connectivity index is 3.88. The zero-order valence-corrected chi connectivity index (χ0v) is 45.6. The van der Waals surface area contributed by atoms with Crippen molar-refractivity contribution in [2.24, 2.45) is 0 Å². The van der Waals surface area contributed by atoms with E-state index in [0.717, 1.165) is 38.5 Å². The van der Waals surface area contributed by atoms with E-state index >= 15 is 0 Å². The summed E-state index contributed by atoms with van der Waals surface area (Å²) in [5.74, 6) is -0.184. The van der Waals surface area contributed by atoms with E-state index in [2.05, 4.69) is 31.3 Å².